The van der Waals surface area contributed by atoms with Crippen LogP contribution in [0.25, 0.3) is 5.52 Å². The van der Waals surface area contributed by atoms with Crippen LogP contribution in [-0.4, -0.2) is 35.7 Å². The lowest BCUT2D eigenvalue weighted by Gasteiger charge is -2.09. The second kappa shape index (κ2) is 6.44. The summed E-state index contributed by atoms with van der Waals surface area (Å²) in [4.78, 5) is 25.9. The number of nitro groups is 1. The molecule has 0 aliphatic heterocycles. The standard InChI is InChI=1S/C15H12N4O6S/c1-25-12-2-3-14(13(7-12)19(21)22)26(23,24)17-15(20)10-4-5-18-9-16-8-11(18)6-10/h2-9H,1H3,(H,17,20). The average molecular weight is 376 g/mol. The van der Waals surface area contributed by atoms with E-state index in [9.17, 15) is 23.3 Å². The van der Waals surface area contributed by atoms with Gasteiger partial charge in [-0.05, 0) is 24.3 Å². The number of amides is 1. The summed E-state index contributed by atoms with van der Waals surface area (Å²) >= 11 is 0. The number of benzene rings is 1. The molecule has 0 radical (unpaired) electrons. The minimum absolute atomic E-state index is 0.0674. The van der Waals surface area contributed by atoms with Crippen LogP contribution in [0.15, 0.2) is 53.9 Å². The van der Waals surface area contributed by atoms with Crippen LogP contribution in [0.5, 0.6) is 5.75 Å². The summed E-state index contributed by atoms with van der Waals surface area (Å²) in [5, 5.41) is 11.2. The van der Waals surface area contributed by atoms with Gasteiger partial charge >= 0.3 is 0 Å². The van der Waals surface area contributed by atoms with E-state index >= 15 is 0 Å². The smallest absolute Gasteiger partial charge is 0.293 e. The molecule has 0 aliphatic carbocycles. The van der Waals surface area contributed by atoms with Crippen molar-refractivity contribution in [1.29, 1.82) is 0 Å². The highest BCUT2D eigenvalue weighted by Gasteiger charge is 2.28. The fourth-order valence-corrected chi connectivity index (χ4v) is 3.42. The molecule has 3 aromatic rings. The Kier molecular flexibility index (Phi) is 4.30. The largest absolute Gasteiger partial charge is 0.497 e. The molecule has 1 N–H and O–H groups in total. The first-order valence-electron chi connectivity index (χ1n) is 7.13. The average Bonchev–Trinajstić information content (AvgIpc) is 3.08. The number of nitro benzene ring substituents is 1. The molecule has 0 aliphatic rings. The van der Waals surface area contributed by atoms with Crippen molar-refractivity contribution >= 4 is 27.1 Å². The Bertz CT molecular complexity index is 1120. The number of hydrogen-bond acceptors (Lipinski definition) is 7. The topological polar surface area (TPSA) is 133 Å². The molecule has 11 heteroatoms. The zero-order valence-corrected chi connectivity index (χ0v) is 14.1. The van der Waals surface area contributed by atoms with Gasteiger partial charge in [-0.25, -0.2) is 18.1 Å². The molecule has 3 rings (SSSR count). The van der Waals surface area contributed by atoms with Crippen molar-refractivity contribution in [2.45, 2.75) is 4.90 Å². The second-order valence-electron chi connectivity index (χ2n) is 5.17. The van der Waals surface area contributed by atoms with Crippen LogP contribution in [0.2, 0.25) is 0 Å². The Hall–Kier alpha value is -3.47. The van der Waals surface area contributed by atoms with Crippen molar-refractivity contribution in [1.82, 2.24) is 14.1 Å². The Morgan fingerprint density at radius 1 is 1.31 bits per heavy atom. The first-order chi connectivity index (χ1) is 12.3. The molecule has 0 unspecified atom stereocenters. The highest BCUT2D eigenvalue weighted by Crippen LogP contribution is 2.28. The number of ether oxygens (including phenoxy) is 1. The summed E-state index contributed by atoms with van der Waals surface area (Å²) in [5.74, 6) is -0.799. The second-order valence-corrected chi connectivity index (χ2v) is 6.82. The van der Waals surface area contributed by atoms with E-state index in [0.717, 1.165) is 12.1 Å². The molecule has 10 nitrogen and oxygen atoms in total. The van der Waals surface area contributed by atoms with Crippen LogP contribution in [0.4, 0.5) is 5.69 Å². The lowest BCUT2D eigenvalue weighted by Crippen LogP contribution is -2.31. The summed E-state index contributed by atoms with van der Waals surface area (Å²) < 4.78 is 33.3. The van der Waals surface area contributed by atoms with Crippen molar-refractivity contribution in [2.75, 3.05) is 7.11 Å². The third-order valence-corrected chi connectivity index (χ3v) is 4.93. The van der Waals surface area contributed by atoms with E-state index < -0.39 is 31.4 Å². The molecule has 0 bridgehead atoms. The SMILES string of the molecule is COc1ccc(S(=O)(=O)NC(=O)c2ccn3cncc3c2)c([N+](=O)[O-])c1. The molecule has 2 heterocycles. The molecule has 0 fully saturated rings. The summed E-state index contributed by atoms with van der Waals surface area (Å²) in [7, 11) is -3.17. The maximum atomic E-state index is 12.5. The predicted molar refractivity (Wildman–Crippen MR) is 89.5 cm³/mol. The third-order valence-electron chi connectivity index (χ3n) is 3.56. The quantitative estimate of drug-likeness (QED) is 0.525. The minimum atomic E-state index is -4.47. The van der Waals surface area contributed by atoms with E-state index in [1.54, 1.807) is 10.6 Å². The van der Waals surface area contributed by atoms with Gasteiger partial charge in [-0.3, -0.25) is 14.9 Å². The lowest BCUT2D eigenvalue weighted by molar-refractivity contribution is -0.387. The molecule has 1 aromatic carbocycles. The van der Waals surface area contributed by atoms with Gasteiger partial charge in [-0.15, -0.1) is 0 Å². The van der Waals surface area contributed by atoms with Crippen molar-refractivity contribution in [3.8, 4) is 5.75 Å². The van der Waals surface area contributed by atoms with Gasteiger partial charge < -0.3 is 9.14 Å². The fourth-order valence-electron chi connectivity index (χ4n) is 2.29. The van der Waals surface area contributed by atoms with Gasteiger partial charge in [0.25, 0.3) is 21.6 Å². The fraction of sp³-hybridized carbons (Fsp3) is 0.0667. The Morgan fingerprint density at radius 2 is 2.08 bits per heavy atom. The third kappa shape index (κ3) is 3.19. The first-order valence-corrected chi connectivity index (χ1v) is 8.61. The highest BCUT2D eigenvalue weighted by molar-refractivity contribution is 7.90. The van der Waals surface area contributed by atoms with Crippen LogP contribution < -0.4 is 9.46 Å². The van der Waals surface area contributed by atoms with Gasteiger partial charge in [0, 0.05) is 11.8 Å². The van der Waals surface area contributed by atoms with Gasteiger partial charge in [0.05, 0.1) is 36.1 Å². The number of sulfonamides is 1. The van der Waals surface area contributed by atoms with Crippen LogP contribution in [0.3, 0.4) is 0 Å². The van der Waals surface area contributed by atoms with Crippen molar-refractivity contribution < 1.29 is 22.9 Å². The monoisotopic (exact) mass is 376 g/mol. The Balaban J connectivity index is 1.95. The number of methoxy groups -OCH3 is 1. The number of carbonyl (C=O) groups excluding carboxylic acids is 1. The highest BCUT2D eigenvalue weighted by atomic mass is 32.2. The van der Waals surface area contributed by atoms with Gasteiger partial charge in [0.2, 0.25) is 0 Å². The van der Waals surface area contributed by atoms with Crippen LogP contribution in [0, 0.1) is 10.1 Å². The Morgan fingerprint density at radius 3 is 2.77 bits per heavy atom. The number of nitrogens with one attached hydrogen (secondary N) is 1. The first kappa shape index (κ1) is 17.4. The normalized spacial score (nSPS) is 11.3. The number of nitrogens with zero attached hydrogens (tertiary/aromatic N) is 3. The minimum Gasteiger partial charge on any atom is -0.497 e. The molecule has 0 atom stereocenters. The zero-order chi connectivity index (χ0) is 18.9. The van der Waals surface area contributed by atoms with Crippen LogP contribution in [0.1, 0.15) is 10.4 Å². The molecule has 0 saturated carbocycles. The number of rotatable bonds is 5. The van der Waals surface area contributed by atoms with Gasteiger partial charge in [0.15, 0.2) is 4.90 Å². The number of imidazole rings is 1. The zero-order valence-electron chi connectivity index (χ0n) is 13.3. The predicted octanol–water partition coefficient (Wildman–Crippen LogP) is 1.37. The van der Waals surface area contributed by atoms with Gasteiger partial charge in [-0.1, -0.05) is 0 Å². The van der Waals surface area contributed by atoms with Gasteiger partial charge in [-0.2, -0.15) is 0 Å². The molecule has 2 aromatic heterocycles. The van der Waals surface area contributed by atoms with Crippen LogP contribution >= 0.6 is 0 Å². The number of fused-ring (bicyclic) bond motifs is 1. The van der Waals surface area contributed by atoms with Crippen molar-refractivity contribution in [3.05, 3.63) is 64.7 Å². The maximum absolute atomic E-state index is 12.5. The summed E-state index contributed by atoms with van der Waals surface area (Å²) in [6.07, 6.45) is 4.56. The lowest BCUT2D eigenvalue weighted by atomic mass is 10.2. The summed E-state index contributed by atoms with van der Waals surface area (Å²) in [5.41, 5.74) is -0.0425. The maximum Gasteiger partial charge on any atom is 0.293 e. The van der Waals surface area contributed by atoms with E-state index in [0.29, 0.717) is 5.52 Å². The van der Waals surface area contributed by atoms with E-state index in [4.69, 9.17) is 4.74 Å². The molecular weight excluding hydrogens is 364 g/mol. The Labute approximate surface area is 147 Å². The van der Waals surface area contributed by atoms with Crippen LogP contribution in [-0.2, 0) is 10.0 Å². The molecule has 1 amide bonds. The molecule has 26 heavy (non-hydrogen) atoms. The van der Waals surface area contributed by atoms with Gasteiger partial charge in [0.1, 0.15) is 5.75 Å². The number of carbonyl (C=O) groups is 1. The van der Waals surface area contributed by atoms with E-state index in [1.165, 1.54) is 37.8 Å². The van der Waals surface area contributed by atoms with E-state index in [1.807, 2.05) is 4.72 Å². The molecule has 134 valence electrons. The van der Waals surface area contributed by atoms with Crippen molar-refractivity contribution in [2.24, 2.45) is 0 Å². The number of pyridine rings is 1. The number of aromatic nitrogens is 2. The molecular formula is C15H12N4O6S. The molecule has 0 spiro atoms. The molecule has 0 saturated heterocycles. The summed E-state index contributed by atoms with van der Waals surface area (Å²) in [6.45, 7) is 0. The van der Waals surface area contributed by atoms with E-state index in [-0.39, 0.29) is 11.3 Å². The van der Waals surface area contributed by atoms with E-state index in [2.05, 4.69) is 4.98 Å². The number of hydrogen-bond donors (Lipinski definition) is 1. The van der Waals surface area contributed by atoms with Crippen molar-refractivity contribution in [3.63, 3.8) is 0 Å². The summed E-state index contributed by atoms with van der Waals surface area (Å²) in [6, 6.07) is 6.08.